The number of carbonyl (C=O) groups excluding carboxylic acids is 1. The van der Waals surface area contributed by atoms with Crippen molar-refractivity contribution < 1.29 is 13.2 Å². The number of hydrogen-bond acceptors (Lipinski definition) is 5. The summed E-state index contributed by atoms with van der Waals surface area (Å²) in [6.45, 7) is 6.23. The van der Waals surface area contributed by atoms with Gasteiger partial charge in [-0.25, -0.2) is 8.42 Å². The molecule has 2 aromatic carbocycles. The van der Waals surface area contributed by atoms with Crippen LogP contribution in [0.15, 0.2) is 70.9 Å². The third-order valence-corrected chi connectivity index (χ3v) is 10.1. The van der Waals surface area contributed by atoms with Crippen molar-refractivity contribution in [3.8, 4) is 0 Å². The first kappa shape index (κ1) is 24.2. The first-order valence-electron chi connectivity index (χ1n) is 12.1. The van der Waals surface area contributed by atoms with Gasteiger partial charge in [-0.2, -0.15) is 4.31 Å². The van der Waals surface area contributed by atoms with Crippen molar-refractivity contribution in [3.05, 3.63) is 87.6 Å². The lowest BCUT2D eigenvalue weighted by Crippen LogP contribution is -2.57. The fourth-order valence-electron chi connectivity index (χ4n) is 5.20. The summed E-state index contributed by atoms with van der Waals surface area (Å²) >= 11 is 1.79. The summed E-state index contributed by atoms with van der Waals surface area (Å²) in [5.74, 6) is 0.0596. The Labute approximate surface area is 211 Å². The maximum atomic E-state index is 13.4. The van der Waals surface area contributed by atoms with E-state index >= 15 is 0 Å². The van der Waals surface area contributed by atoms with Gasteiger partial charge in [0.25, 0.3) is 0 Å². The van der Waals surface area contributed by atoms with Gasteiger partial charge in [0.2, 0.25) is 15.9 Å². The predicted molar refractivity (Wildman–Crippen MR) is 139 cm³/mol. The van der Waals surface area contributed by atoms with Crippen molar-refractivity contribution in [3.63, 3.8) is 0 Å². The number of hydrogen-bond donors (Lipinski definition) is 0. The molecule has 8 heteroatoms. The fourth-order valence-corrected chi connectivity index (χ4v) is 7.74. The van der Waals surface area contributed by atoms with Crippen LogP contribution in [-0.2, 0) is 21.2 Å². The van der Waals surface area contributed by atoms with Gasteiger partial charge < -0.3 is 4.90 Å². The van der Waals surface area contributed by atoms with E-state index in [2.05, 4.69) is 47.5 Å². The maximum Gasteiger partial charge on any atom is 0.243 e. The molecule has 1 fully saturated rings. The van der Waals surface area contributed by atoms with E-state index in [0.717, 1.165) is 13.0 Å². The van der Waals surface area contributed by atoms with Gasteiger partial charge in [-0.3, -0.25) is 9.69 Å². The normalized spacial score (nSPS) is 21.6. The number of carbonyl (C=O) groups is 1. The monoisotopic (exact) mass is 509 g/mol. The predicted octanol–water partition coefficient (Wildman–Crippen LogP) is 3.93. The fraction of sp³-hybridized carbons (Fsp3) is 0.370. The molecule has 35 heavy (non-hydrogen) atoms. The van der Waals surface area contributed by atoms with E-state index in [-0.39, 0.29) is 18.0 Å². The van der Waals surface area contributed by atoms with Gasteiger partial charge in [0.05, 0.1) is 17.5 Å². The minimum absolute atomic E-state index is 0.0596. The van der Waals surface area contributed by atoms with Gasteiger partial charge in [-0.15, -0.1) is 11.3 Å². The Morgan fingerprint density at radius 3 is 2.46 bits per heavy atom. The number of sulfonamides is 1. The molecule has 1 amide bonds. The summed E-state index contributed by atoms with van der Waals surface area (Å²) in [7, 11) is -3.58. The molecule has 0 radical (unpaired) electrons. The van der Waals surface area contributed by atoms with Crippen LogP contribution in [0.5, 0.6) is 0 Å². The topological polar surface area (TPSA) is 60.9 Å². The Bertz CT molecular complexity index is 1290. The van der Waals surface area contributed by atoms with Crippen molar-refractivity contribution in [2.75, 3.05) is 32.7 Å². The molecule has 6 nitrogen and oxygen atoms in total. The molecule has 2 aliphatic heterocycles. The highest BCUT2D eigenvalue weighted by molar-refractivity contribution is 7.89. The van der Waals surface area contributed by atoms with Crippen LogP contribution in [0.1, 0.15) is 34.5 Å². The van der Waals surface area contributed by atoms with Crippen LogP contribution in [0.3, 0.4) is 0 Å². The number of rotatable bonds is 5. The van der Waals surface area contributed by atoms with Crippen molar-refractivity contribution in [1.82, 2.24) is 14.1 Å². The van der Waals surface area contributed by atoms with E-state index < -0.39 is 10.0 Å². The number of nitrogens with zero attached hydrogens (tertiary/aromatic N) is 3. The Balaban J connectivity index is 1.30. The molecule has 0 unspecified atom stereocenters. The number of aryl methyl sites for hydroxylation is 1. The molecule has 0 saturated carbocycles. The Kier molecular flexibility index (Phi) is 6.81. The number of benzene rings is 2. The Morgan fingerprint density at radius 1 is 1.00 bits per heavy atom. The molecule has 1 aromatic heterocycles. The van der Waals surface area contributed by atoms with Crippen LogP contribution in [-0.4, -0.2) is 67.2 Å². The van der Waals surface area contributed by atoms with E-state index in [1.165, 1.54) is 25.9 Å². The molecule has 3 heterocycles. The second-order valence-electron chi connectivity index (χ2n) is 9.45. The van der Waals surface area contributed by atoms with Gasteiger partial charge in [-0.1, -0.05) is 48.0 Å². The number of thiophene rings is 1. The van der Waals surface area contributed by atoms with Gasteiger partial charge in [-0.05, 0) is 55.0 Å². The lowest BCUT2D eigenvalue weighted by molar-refractivity contribution is -0.135. The third kappa shape index (κ3) is 4.80. The zero-order chi connectivity index (χ0) is 24.6. The van der Waals surface area contributed by atoms with Crippen molar-refractivity contribution in [2.45, 2.75) is 37.2 Å². The molecule has 0 aliphatic carbocycles. The van der Waals surface area contributed by atoms with Crippen molar-refractivity contribution in [1.29, 1.82) is 0 Å². The number of piperazine rings is 1. The first-order chi connectivity index (χ1) is 16.8. The van der Waals surface area contributed by atoms with Crippen LogP contribution in [0.2, 0.25) is 0 Å². The van der Waals surface area contributed by atoms with Crippen LogP contribution < -0.4 is 0 Å². The highest BCUT2D eigenvalue weighted by atomic mass is 32.2. The van der Waals surface area contributed by atoms with Crippen LogP contribution >= 0.6 is 11.3 Å². The maximum absolute atomic E-state index is 13.4. The highest BCUT2D eigenvalue weighted by Gasteiger charge is 2.37. The van der Waals surface area contributed by atoms with Gasteiger partial charge >= 0.3 is 0 Å². The van der Waals surface area contributed by atoms with Gasteiger partial charge in [0.1, 0.15) is 0 Å². The molecule has 3 aromatic rings. The third-order valence-electron chi connectivity index (χ3n) is 7.07. The molecule has 1 saturated heterocycles. The zero-order valence-corrected chi connectivity index (χ0v) is 21.8. The zero-order valence-electron chi connectivity index (χ0n) is 20.1. The minimum atomic E-state index is -3.58. The van der Waals surface area contributed by atoms with Crippen molar-refractivity contribution >= 4 is 27.3 Å². The highest BCUT2D eigenvalue weighted by Crippen LogP contribution is 2.37. The molecule has 184 valence electrons. The summed E-state index contributed by atoms with van der Waals surface area (Å²) in [6, 6.07) is 19.1. The largest absolute Gasteiger partial charge is 0.339 e. The lowest BCUT2D eigenvalue weighted by atomic mass is 9.92. The second kappa shape index (κ2) is 9.85. The summed E-state index contributed by atoms with van der Waals surface area (Å²) in [6.07, 6.45) is 0.947. The molecule has 2 aliphatic rings. The van der Waals surface area contributed by atoms with E-state index in [0.29, 0.717) is 31.1 Å². The standard InChI is InChI=1S/C27H31N3O3S2/c1-20-8-10-22(11-9-20)27-24-13-17-34-25(24)12-14-29(27)19-26(31)28-15-16-30(21(2)18-28)35(32,33)23-6-4-3-5-7-23/h3-11,13,17,21,27H,12,14-16,18-19H2,1-2H3/t21-,27-/m0/s1. The molecule has 0 spiro atoms. The van der Waals surface area contributed by atoms with Crippen LogP contribution in [0, 0.1) is 6.92 Å². The summed E-state index contributed by atoms with van der Waals surface area (Å²) < 4.78 is 27.8. The van der Waals surface area contributed by atoms with E-state index in [4.69, 9.17) is 0 Å². The minimum Gasteiger partial charge on any atom is -0.339 e. The van der Waals surface area contributed by atoms with E-state index in [9.17, 15) is 13.2 Å². The molecule has 0 bridgehead atoms. The van der Waals surface area contributed by atoms with Crippen molar-refractivity contribution in [2.24, 2.45) is 0 Å². The average Bonchev–Trinajstić information content (AvgIpc) is 3.34. The summed E-state index contributed by atoms with van der Waals surface area (Å²) in [5, 5.41) is 2.14. The molecule has 2 atom stereocenters. The smallest absolute Gasteiger partial charge is 0.243 e. The van der Waals surface area contributed by atoms with Crippen LogP contribution in [0.25, 0.3) is 0 Å². The Hall–Kier alpha value is -2.52. The first-order valence-corrected chi connectivity index (χ1v) is 14.4. The van der Waals surface area contributed by atoms with Gasteiger partial charge in [0, 0.05) is 37.1 Å². The quantitative estimate of drug-likeness (QED) is 0.523. The molecule has 5 rings (SSSR count). The summed E-state index contributed by atoms with van der Waals surface area (Å²) in [5.41, 5.74) is 3.72. The SMILES string of the molecule is Cc1ccc([C@H]2c3ccsc3CCN2CC(=O)N2CCN(S(=O)(=O)c3ccccc3)[C@@H](C)C2)cc1. The Morgan fingerprint density at radius 2 is 1.74 bits per heavy atom. The van der Waals surface area contributed by atoms with Gasteiger partial charge in [0.15, 0.2) is 0 Å². The second-order valence-corrected chi connectivity index (χ2v) is 12.3. The van der Waals surface area contributed by atoms with E-state index in [1.807, 2.05) is 17.9 Å². The average molecular weight is 510 g/mol. The molecular weight excluding hydrogens is 478 g/mol. The summed E-state index contributed by atoms with van der Waals surface area (Å²) in [4.78, 5) is 19.2. The molecular formula is C27H31N3O3S2. The molecule has 0 N–H and O–H groups in total. The number of fused-ring (bicyclic) bond motifs is 1. The lowest BCUT2D eigenvalue weighted by Gasteiger charge is -2.41. The van der Waals surface area contributed by atoms with E-state index in [1.54, 1.807) is 35.6 Å². The number of amides is 1. The van der Waals surface area contributed by atoms with Crippen LogP contribution in [0.4, 0.5) is 0 Å².